The fourth-order valence-electron chi connectivity index (χ4n) is 3.48. The van der Waals surface area contributed by atoms with Crippen molar-refractivity contribution in [2.75, 3.05) is 42.9 Å². The first-order valence-electron chi connectivity index (χ1n) is 8.92. The van der Waals surface area contributed by atoms with E-state index in [4.69, 9.17) is 4.98 Å². The zero-order chi connectivity index (χ0) is 15.2. The number of hydrogen-bond acceptors (Lipinski definition) is 5. The van der Waals surface area contributed by atoms with Crippen molar-refractivity contribution in [1.29, 1.82) is 0 Å². The predicted molar refractivity (Wildman–Crippen MR) is 91.5 cm³/mol. The van der Waals surface area contributed by atoms with Gasteiger partial charge in [-0.05, 0) is 25.5 Å². The molecule has 0 amide bonds. The molecule has 0 aromatic carbocycles. The number of nitrogens with zero attached hydrogens (tertiary/aromatic N) is 4. The molecule has 5 nitrogen and oxygen atoms in total. The lowest BCUT2D eigenvalue weighted by Crippen LogP contribution is -2.46. The standard InChI is InChI=1S/C17H29N5/c1-2-21-11-13-22(14-12-21)17-18-10-9-16(20-17)19-15-7-5-3-4-6-8-15/h9-10,15H,2-8,11-14H2,1H3,(H,18,19,20). The summed E-state index contributed by atoms with van der Waals surface area (Å²) in [6, 6.07) is 2.60. The Kier molecular flexibility index (Phi) is 5.48. The smallest absolute Gasteiger partial charge is 0.227 e. The van der Waals surface area contributed by atoms with E-state index in [9.17, 15) is 0 Å². The number of hydrogen-bond donors (Lipinski definition) is 1. The molecule has 122 valence electrons. The van der Waals surface area contributed by atoms with E-state index >= 15 is 0 Å². The van der Waals surface area contributed by atoms with Crippen LogP contribution in [0.1, 0.15) is 45.4 Å². The fourth-order valence-corrected chi connectivity index (χ4v) is 3.48. The molecule has 2 fully saturated rings. The zero-order valence-electron chi connectivity index (χ0n) is 13.8. The van der Waals surface area contributed by atoms with Gasteiger partial charge in [-0.15, -0.1) is 0 Å². The van der Waals surface area contributed by atoms with Crippen LogP contribution >= 0.6 is 0 Å². The maximum absolute atomic E-state index is 4.76. The van der Waals surface area contributed by atoms with Gasteiger partial charge in [0.05, 0.1) is 0 Å². The third-order valence-electron chi connectivity index (χ3n) is 4.95. The Bertz CT molecular complexity index is 448. The van der Waals surface area contributed by atoms with Crippen LogP contribution in [0.5, 0.6) is 0 Å². The number of likely N-dealkylation sites (N-methyl/N-ethyl adjacent to an activating group) is 1. The fraction of sp³-hybridized carbons (Fsp3) is 0.765. The van der Waals surface area contributed by atoms with Crippen molar-refractivity contribution in [2.45, 2.75) is 51.5 Å². The molecular formula is C17H29N5. The molecule has 2 heterocycles. The first-order chi connectivity index (χ1) is 10.8. The monoisotopic (exact) mass is 303 g/mol. The van der Waals surface area contributed by atoms with Gasteiger partial charge in [0.25, 0.3) is 0 Å². The van der Waals surface area contributed by atoms with Crippen LogP contribution in [0, 0.1) is 0 Å². The van der Waals surface area contributed by atoms with Crippen molar-refractivity contribution in [3.05, 3.63) is 12.3 Å². The van der Waals surface area contributed by atoms with Crippen LogP contribution in [0.3, 0.4) is 0 Å². The summed E-state index contributed by atoms with van der Waals surface area (Å²) in [7, 11) is 0. The molecular weight excluding hydrogens is 274 g/mol. The zero-order valence-corrected chi connectivity index (χ0v) is 13.8. The second-order valence-electron chi connectivity index (χ2n) is 6.50. The summed E-state index contributed by atoms with van der Waals surface area (Å²) in [6.45, 7) is 7.64. The minimum Gasteiger partial charge on any atom is -0.367 e. The first-order valence-corrected chi connectivity index (χ1v) is 8.92. The molecule has 1 saturated heterocycles. The van der Waals surface area contributed by atoms with Crippen LogP contribution in [0.2, 0.25) is 0 Å². The van der Waals surface area contributed by atoms with Crippen molar-refractivity contribution >= 4 is 11.8 Å². The lowest BCUT2D eigenvalue weighted by Gasteiger charge is -2.34. The summed E-state index contributed by atoms with van der Waals surface area (Å²) < 4.78 is 0. The van der Waals surface area contributed by atoms with Crippen LogP contribution in [0.25, 0.3) is 0 Å². The van der Waals surface area contributed by atoms with Crippen molar-refractivity contribution in [2.24, 2.45) is 0 Å². The molecule has 0 atom stereocenters. The number of rotatable bonds is 4. The Hall–Kier alpha value is -1.36. The van der Waals surface area contributed by atoms with Gasteiger partial charge in [0.2, 0.25) is 5.95 Å². The van der Waals surface area contributed by atoms with Gasteiger partial charge >= 0.3 is 0 Å². The number of piperazine rings is 1. The molecule has 5 heteroatoms. The average Bonchev–Trinajstić information content (AvgIpc) is 2.84. The molecule has 2 aliphatic rings. The minimum atomic E-state index is 0.585. The molecule has 1 aromatic heterocycles. The number of nitrogens with one attached hydrogen (secondary N) is 1. The highest BCUT2D eigenvalue weighted by molar-refractivity contribution is 5.42. The summed E-state index contributed by atoms with van der Waals surface area (Å²) in [4.78, 5) is 14.0. The maximum atomic E-state index is 4.76. The van der Waals surface area contributed by atoms with Gasteiger partial charge in [-0.25, -0.2) is 4.98 Å². The van der Waals surface area contributed by atoms with Gasteiger partial charge < -0.3 is 15.1 Å². The van der Waals surface area contributed by atoms with E-state index in [0.29, 0.717) is 6.04 Å². The summed E-state index contributed by atoms with van der Waals surface area (Å²) in [5.74, 6) is 1.88. The Morgan fingerprint density at radius 2 is 1.82 bits per heavy atom. The van der Waals surface area contributed by atoms with Crippen molar-refractivity contribution in [3.8, 4) is 0 Å². The SMILES string of the molecule is CCN1CCN(c2nccc(NC3CCCCCC3)n2)CC1. The summed E-state index contributed by atoms with van der Waals surface area (Å²) in [6.07, 6.45) is 9.89. The molecule has 0 unspecified atom stereocenters. The highest BCUT2D eigenvalue weighted by Gasteiger charge is 2.18. The molecule has 1 saturated carbocycles. The average molecular weight is 303 g/mol. The van der Waals surface area contributed by atoms with Crippen LogP contribution < -0.4 is 10.2 Å². The highest BCUT2D eigenvalue weighted by Crippen LogP contribution is 2.21. The molecule has 0 radical (unpaired) electrons. The van der Waals surface area contributed by atoms with Gasteiger partial charge in [-0.1, -0.05) is 32.6 Å². The Balaban J connectivity index is 1.60. The Morgan fingerprint density at radius 3 is 2.50 bits per heavy atom. The van der Waals surface area contributed by atoms with E-state index in [2.05, 4.69) is 27.0 Å². The van der Waals surface area contributed by atoms with E-state index in [1.165, 1.54) is 38.5 Å². The van der Waals surface area contributed by atoms with Crippen molar-refractivity contribution in [1.82, 2.24) is 14.9 Å². The quantitative estimate of drug-likeness (QED) is 0.867. The van der Waals surface area contributed by atoms with E-state index in [-0.39, 0.29) is 0 Å². The normalized spacial score (nSPS) is 21.6. The van der Waals surface area contributed by atoms with Crippen LogP contribution in [-0.2, 0) is 0 Å². The lowest BCUT2D eigenvalue weighted by molar-refractivity contribution is 0.270. The molecule has 1 aliphatic heterocycles. The van der Waals surface area contributed by atoms with Crippen LogP contribution in [-0.4, -0.2) is 53.6 Å². The second-order valence-corrected chi connectivity index (χ2v) is 6.50. The van der Waals surface area contributed by atoms with Gasteiger partial charge in [0.1, 0.15) is 5.82 Å². The number of anilines is 2. The molecule has 22 heavy (non-hydrogen) atoms. The topological polar surface area (TPSA) is 44.3 Å². The molecule has 1 N–H and O–H groups in total. The first kappa shape index (κ1) is 15.5. The third-order valence-corrected chi connectivity index (χ3v) is 4.95. The Morgan fingerprint density at radius 1 is 1.09 bits per heavy atom. The van der Waals surface area contributed by atoms with Crippen molar-refractivity contribution in [3.63, 3.8) is 0 Å². The molecule has 0 bridgehead atoms. The highest BCUT2D eigenvalue weighted by atomic mass is 15.3. The van der Waals surface area contributed by atoms with Crippen LogP contribution in [0.4, 0.5) is 11.8 Å². The summed E-state index contributed by atoms with van der Waals surface area (Å²) in [5, 5.41) is 3.63. The Labute approximate surface area is 134 Å². The molecule has 3 rings (SSSR count). The van der Waals surface area contributed by atoms with Gasteiger partial charge in [0.15, 0.2) is 0 Å². The minimum absolute atomic E-state index is 0.585. The third kappa shape index (κ3) is 4.09. The summed E-state index contributed by atoms with van der Waals surface area (Å²) >= 11 is 0. The second kappa shape index (κ2) is 7.77. The van der Waals surface area contributed by atoms with Gasteiger partial charge in [-0.3, -0.25) is 0 Å². The summed E-state index contributed by atoms with van der Waals surface area (Å²) in [5.41, 5.74) is 0. The largest absolute Gasteiger partial charge is 0.367 e. The van der Waals surface area contributed by atoms with Gasteiger partial charge in [-0.2, -0.15) is 4.98 Å². The molecule has 1 aliphatic carbocycles. The predicted octanol–water partition coefficient (Wildman–Crippen LogP) is 2.75. The van der Waals surface area contributed by atoms with Crippen LogP contribution in [0.15, 0.2) is 12.3 Å². The number of aromatic nitrogens is 2. The van der Waals surface area contributed by atoms with Gasteiger partial charge in [0, 0.05) is 38.4 Å². The molecule has 0 spiro atoms. The molecule has 1 aromatic rings. The van der Waals surface area contributed by atoms with Crippen molar-refractivity contribution < 1.29 is 0 Å². The van der Waals surface area contributed by atoms with E-state index in [0.717, 1.165) is 44.5 Å². The maximum Gasteiger partial charge on any atom is 0.227 e. The van der Waals surface area contributed by atoms with E-state index in [1.807, 2.05) is 12.3 Å². The van der Waals surface area contributed by atoms with E-state index in [1.54, 1.807) is 0 Å². The lowest BCUT2D eigenvalue weighted by atomic mass is 10.1. The van der Waals surface area contributed by atoms with E-state index < -0.39 is 0 Å².